The number of imidazole rings is 1. The zero-order chi connectivity index (χ0) is 24.7. The van der Waals surface area contributed by atoms with Crippen LogP contribution in [0.3, 0.4) is 0 Å². The number of fused-ring (bicyclic) bond motifs is 2. The fraction of sp³-hybridized carbons (Fsp3) is 0.217. The van der Waals surface area contributed by atoms with Gasteiger partial charge in [0.25, 0.3) is 5.56 Å². The molecule has 0 aliphatic carbocycles. The molecule has 0 amide bonds. The van der Waals surface area contributed by atoms with E-state index in [1.165, 1.54) is 28.5 Å². The number of hydrogen-bond acceptors (Lipinski definition) is 7. The molecule has 2 aromatic heterocycles. The van der Waals surface area contributed by atoms with Gasteiger partial charge < -0.3 is 19.7 Å². The fourth-order valence-corrected chi connectivity index (χ4v) is 4.99. The topological polar surface area (TPSA) is 131 Å². The van der Waals surface area contributed by atoms with Crippen molar-refractivity contribution in [3.63, 3.8) is 0 Å². The third kappa shape index (κ3) is 4.40. The zero-order valence-electron chi connectivity index (χ0n) is 18.4. The summed E-state index contributed by atoms with van der Waals surface area (Å²) in [4.78, 5) is 43.6. The predicted molar refractivity (Wildman–Crippen MR) is 134 cm³/mol. The Labute approximate surface area is 207 Å². The molecule has 5 rings (SSSR count). The van der Waals surface area contributed by atoms with E-state index in [0.717, 1.165) is 5.56 Å². The van der Waals surface area contributed by atoms with E-state index in [4.69, 9.17) is 16.3 Å². The Morgan fingerprint density at radius 1 is 1.20 bits per heavy atom. The number of anilines is 1. The number of aryl methyl sites for hydroxylation is 1. The monoisotopic (exact) mass is 513 g/mol. The number of rotatable bonds is 7. The maximum atomic E-state index is 12.7. The summed E-state index contributed by atoms with van der Waals surface area (Å²) in [7, 11) is 0. The standard InChI is InChI=1S/C23H20ClN5O5S/c1-2-28-17(11-35-23-25-15-9-13(21(31)32)5-8-16(15)34-23)26-19-18(28)20(30)27-22(33)29(19)10-12-3-6-14(24)7-4-12/h3-9,23,25H,2,10-11H2,1H3,(H,31,32)(H,27,30,33). The minimum Gasteiger partial charge on any atom is -0.478 e. The average molecular weight is 514 g/mol. The van der Waals surface area contributed by atoms with Crippen molar-refractivity contribution in [3.05, 3.63) is 85.3 Å². The Morgan fingerprint density at radius 2 is 1.97 bits per heavy atom. The van der Waals surface area contributed by atoms with Gasteiger partial charge in [-0.25, -0.2) is 14.6 Å². The van der Waals surface area contributed by atoms with E-state index >= 15 is 0 Å². The SMILES string of the molecule is CCn1c(CSC2Nc3cc(C(=O)O)ccc3O2)nc2c1c(=O)[nH]c(=O)n2Cc1ccc(Cl)cc1. The Kier molecular flexibility index (Phi) is 6.03. The lowest BCUT2D eigenvalue weighted by molar-refractivity contribution is 0.0697. The molecular weight excluding hydrogens is 494 g/mol. The number of thioether (sulfide) groups is 1. The number of carboxylic acids is 1. The van der Waals surface area contributed by atoms with E-state index in [1.54, 1.807) is 22.8 Å². The summed E-state index contributed by atoms with van der Waals surface area (Å²) >= 11 is 7.36. The number of H-pyrrole nitrogens is 1. The Bertz CT molecular complexity index is 1560. The van der Waals surface area contributed by atoms with Crippen molar-refractivity contribution in [2.45, 2.75) is 31.3 Å². The van der Waals surface area contributed by atoms with Crippen molar-refractivity contribution in [2.75, 3.05) is 5.32 Å². The molecule has 2 aromatic carbocycles. The summed E-state index contributed by atoms with van der Waals surface area (Å²) in [6.45, 7) is 2.61. The molecule has 3 N–H and O–H groups in total. The number of nitrogens with one attached hydrogen (secondary N) is 2. The highest BCUT2D eigenvalue weighted by Gasteiger charge is 2.25. The number of halogens is 1. The van der Waals surface area contributed by atoms with Crippen LogP contribution in [0.2, 0.25) is 5.02 Å². The van der Waals surface area contributed by atoms with Gasteiger partial charge in [0.2, 0.25) is 5.56 Å². The van der Waals surface area contributed by atoms with Gasteiger partial charge in [0.05, 0.1) is 23.5 Å². The van der Waals surface area contributed by atoms with Crippen LogP contribution in [0.4, 0.5) is 5.69 Å². The summed E-state index contributed by atoms with van der Waals surface area (Å²) in [6.07, 6.45) is 0. The van der Waals surface area contributed by atoms with Crippen LogP contribution >= 0.6 is 23.4 Å². The number of hydrogen-bond donors (Lipinski definition) is 3. The highest BCUT2D eigenvalue weighted by atomic mass is 35.5. The molecule has 0 spiro atoms. The normalized spacial score (nSPS) is 14.5. The van der Waals surface area contributed by atoms with Crippen LogP contribution in [0, 0.1) is 0 Å². The number of benzene rings is 2. The molecule has 0 radical (unpaired) electrons. The summed E-state index contributed by atoms with van der Waals surface area (Å²) in [6, 6.07) is 11.7. The minimum atomic E-state index is -1.02. The molecule has 10 nitrogen and oxygen atoms in total. The van der Waals surface area contributed by atoms with Crippen molar-refractivity contribution in [1.29, 1.82) is 0 Å². The first kappa shape index (κ1) is 23.1. The van der Waals surface area contributed by atoms with E-state index < -0.39 is 22.8 Å². The molecule has 12 heteroatoms. The van der Waals surface area contributed by atoms with Gasteiger partial charge in [0, 0.05) is 11.6 Å². The van der Waals surface area contributed by atoms with Crippen LogP contribution in [0.15, 0.2) is 52.1 Å². The predicted octanol–water partition coefficient (Wildman–Crippen LogP) is 3.33. The molecule has 35 heavy (non-hydrogen) atoms. The van der Waals surface area contributed by atoms with Gasteiger partial charge in [-0.05, 0) is 42.8 Å². The van der Waals surface area contributed by atoms with Crippen LogP contribution in [-0.4, -0.2) is 35.7 Å². The smallest absolute Gasteiger partial charge is 0.335 e. The number of aromatic amines is 1. The van der Waals surface area contributed by atoms with Gasteiger partial charge in [-0.3, -0.25) is 14.3 Å². The lowest BCUT2D eigenvalue weighted by atomic mass is 10.2. The van der Waals surface area contributed by atoms with E-state index in [9.17, 15) is 19.5 Å². The van der Waals surface area contributed by atoms with Crippen LogP contribution < -0.4 is 21.3 Å². The fourth-order valence-electron chi connectivity index (χ4n) is 3.96. The summed E-state index contributed by atoms with van der Waals surface area (Å²) < 4.78 is 9.07. The Hall–Kier alpha value is -3.70. The molecule has 0 bridgehead atoms. The molecule has 1 aliphatic rings. The number of carbonyl (C=O) groups is 1. The van der Waals surface area contributed by atoms with Crippen molar-refractivity contribution in [2.24, 2.45) is 0 Å². The summed E-state index contributed by atoms with van der Waals surface area (Å²) in [5, 5.41) is 12.9. The third-order valence-electron chi connectivity index (χ3n) is 5.63. The quantitative estimate of drug-likeness (QED) is 0.343. The van der Waals surface area contributed by atoms with Gasteiger partial charge >= 0.3 is 11.7 Å². The van der Waals surface area contributed by atoms with Crippen LogP contribution in [-0.2, 0) is 18.8 Å². The zero-order valence-corrected chi connectivity index (χ0v) is 20.0. The maximum absolute atomic E-state index is 12.7. The first-order valence-electron chi connectivity index (χ1n) is 10.7. The molecule has 0 saturated carbocycles. The number of ether oxygens (including phenoxy) is 1. The van der Waals surface area contributed by atoms with E-state index in [-0.39, 0.29) is 12.1 Å². The Morgan fingerprint density at radius 3 is 2.69 bits per heavy atom. The molecular formula is C23H20ClN5O5S. The number of aromatic carboxylic acids is 1. The van der Waals surface area contributed by atoms with Crippen molar-refractivity contribution in [3.8, 4) is 5.75 Å². The van der Waals surface area contributed by atoms with Gasteiger partial charge in [-0.15, -0.1) is 0 Å². The molecule has 180 valence electrons. The maximum Gasteiger partial charge on any atom is 0.335 e. The van der Waals surface area contributed by atoms with Gasteiger partial charge in [0.15, 0.2) is 11.2 Å². The first-order valence-corrected chi connectivity index (χ1v) is 12.2. The summed E-state index contributed by atoms with van der Waals surface area (Å²) in [5.41, 5.74) is 0.736. The van der Waals surface area contributed by atoms with Crippen molar-refractivity contribution < 1.29 is 14.6 Å². The van der Waals surface area contributed by atoms with Crippen LogP contribution in [0.25, 0.3) is 11.2 Å². The highest BCUT2D eigenvalue weighted by molar-refractivity contribution is 7.99. The van der Waals surface area contributed by atoms with E-state index in [2.05, 4.69) is 15.3 Å². The molecule has 3 heterocycles. The second kappa shape index (κ2) is 9.16. The minimum absolute atomic E-state index is 0.163. The third-order valence-corrected chi connectivity index (χ3v) is 6.83. The summed E-state index contributed by atoms with van der Waals surface area (Å²) in [5.74, 6) is 0.539. The second-order valence-corrected chi connectivity index (χ2v) is 9.32. The van der Waals surface area contributed by atoms with Gasteiger partial charge in [-0.1, -0.05) is 35.5 Å². The van der Waals surface area contributed by atoms with Crippen molar-refractivity contribution in [1.82, 2.24) is 19.1 Å². The van der Waals surface area contributed by atoms with Crippen LogP contribution in [0.1, 0.15) is 28.7 Å². The average Bonchev–Trinajstić information content (AvgIpc) is 3.42. The van der Waals surface area contributed by atoms with Gasteiger partial charge in [-0.2, -0.15) is 0 Å². The number of aromatic nitrogens is 4. The Balaban J connectivity index is 1.43. The van der Waals surface area contributed by atoms with Crippen molar-refractivity contribution >= 4 is 46.2 Å². The molecule has 0 fully saturated rings. The molecule has 1 unspecified atom stereocenters. The molecule has 0 saturated heterocycles. The highest BCUT2D eigenvalue weighted by Crippen LogP contribution is 2.37. The number of nitrogens with zero attached hydrogens (tertiary/aromatic N) is 3. The van der Waals surface area contributed by atoms with E-state index in [0.29, 0.717) is 45.7 Å². The molecule has 1 aliphatic heterocycles. The number of carboxylic acid groups (broad SMARTS) is 1. The molecule has 1 atom stereocenters. The lowest BCUT2D eigenvalue weighted by Crippen LogP contribution is -2.31. The second-order valence-electron chi connectivity index (χ2n) is 7.84. The lowest BCUT2D eigenvalue weighted by Gasteiger charge is -2.11. The molecule has 4 aromatic rings. The first-order chi connectivity index (χ1) is 16.8. The van der Waals surface area contributed by atoms with Gasteiger partial charge in [0.1, 0.15) is 11.6 Å². The largest absolute Gasteiger partial charge is 0.478 e. The van der Waals surface area contributed by atoms with E-state index in [1.807, 2.05) is 19.1 Å². The van der Waals surface area contributed by atoms with Crippen LogP contribution in [0.5, 0.6) is 5.75 Å².